The molecule has 0 fully saturated rings. The Balaban J connectivity index is 8.35. The Kier molecular flexibility index (Phi) is 53.7. The first kappa shape index (κ1) is 70.8. The van der Waals surface area contributed by atoms with E-state index in [1.807, 2.05) is 0 Å². The molecule has 0 saturated carbocycles. The van der Waals surface area contributed by atoms with Crippen molar-refractivity contribution in [3.63, 3.8) is 0 Å². The Bertz CT molecular complexity index is 794. The molecule has 424 valence electrons. The fourth-order valence-corrected chi connectivity index (χ4v) is 21.3. The van der Waals surface area contributed by atoms with Gasteiger partial charge < -0.3 is 0 Å². The quantitative estimate of drug-likeness (QED) is 0.0444. The first-order valence-electron chi connectivity index (χ1n) is 33.2. The molecule has 0 aliphatic heterocycles. The molecule has 0 saturated heterocycles. The Morgan fingerprint density at radius 3 is 0.386 bits per heavy atom. The molecule has 0 aliphatic carbocycles. The first-order chi connectivity index (χ1) is 34.4. The molecule has 0 bridgehead atoms. The molecular weight excluding hydrogens is 936 g/mol. The standard InChI is InChI=1S/C64H136BrN4P/c1-9-17-25-33-41-49-57-66(58-50-42-34-26-18-10-2)70(65,67(59-51-43-35-27-19-11-3)60-52-44-36-28-20-12-4,68(61-53-45-37-29-21-13-5)62-54-46-38-30-22-14-6)69(63-55-47-39-31-23-15-7)64-56-48-40-32-24-16-8/h9-64H2,1-8H3. The van der Waals surface area contributed by atoms with Crippen molar-refractivity contribution in [3.8, 4) is 0 Å². The Morgan fingerprint density at radius 2 is 0.271 bits per heavy atom. The van der Waals surface area contributed by atoms with Crippen LogP contribution in [0.25, 0.3) is 0 Å². The average Bonchev–Trinajstić information content (AvgIpc) is 3.36. The van der Waals surface area contributed by atoms with Gasteiger partial charge in [-0.1, -0.05) is 0 Å². The Hall–Kier alpha value is 0.750. The number of hydrogen-bond acceptors (Lipinski definition) is 4. The van der Waals surface area contributed by atoms with Crippen LogP contribution in [-0.2, 0) is 0 Å². The van der Waals surface area contributed by atoms with Crippen molar-refractivity contribution in [3.05, 3.63) is 0 Å². The van der Waals surface area contributed by atoms with Crippen molar-refractivity contribution < 1.29 is 0 Å². The van der Waals surface area contributed by atoms with Crippen LogP contribution in [-0.4, -0.2) is 71.0 Å². The number of hydrogen-bond donors (Lipinski definition) is 0. The summed E-state index contributed by atoms with van der Waals surface area (Å²) in [6, 6.07) is 0. The normalized spacial score (nSPS) is 13.0. The zero-order valence-electron chi connectivity index (χ0n) is 50.2. The summed E-state index contributed by atoms with van der Waals surface area (Å²) in [6.45, 7) is 29.3. The predicted molar refractivity (Wildman–Crippen MR) is 329 cm³/mol. The predicted octanol–water partition coefficient (Wildman–Crippen LogP) is 23.6. The minimum atomic E-state index is -3.33. The Morgan fingerprint density at radius 1 is 0.171 bits per heavy atom. The molecule has 0 atom stereocenters. The van der Waals surface area contributed by atoms with Gasteiger partial charge in [0.1, 0.15) is 0 Å². The van der Waals surface area contributed by atoms with Gasteiger partial charge in [0.2, 0.25) is 0 Å². The summed E-state index contributed by atoms with van der Waals surface area (Å²) >= 11 is 5.55. The number of halogens is 1. The number of rotatable bonds is 60. The van der Waals surface area contributed by atoms with E-state index in [2.05, 4.69) is 74.1 Å². The molecule has 0 rings (SSSR count). The Labute approximate surface area is 453 Å². The second kappa shape index (κ2) is 53.2. The van der Waals surface area contributed by atoms with Crippen LogP contribution in [0.15, 0.2) is 0 Å². The second-order valence-electron chi connectivity index (χ2n) is 22.8. The van der Waals surface area contributed by atoms with E-state index in [-0.39, 0.29) is 0 Å². The first-order valence-corrected chi connectivity index (χ1v) is 37.2. The monoisotopic (exact) mass is 1070 g/mol. The summed E-state index contributed by atoms with van der Waals surface area (Å²) in [4.78, 5) is 0. The summed E-state index contributed by atoms with van der Waals surface area (Å²) in [6.07, 6.45) is 66.5. The maximum atomic E-state index is 5.55. The van der Waals surface area contributed by atoms with E-state index in [9.17, 15) is 0 Å². The van der Waals surface area contributed by atoms with Gasteiger partial charge in [-0.25, -0.2) is 0 Å². The fraction of sp³-hybridized carbons (Fsp3) is 1.00. The molecule has 0 spiro atoms. The molecule has 0 aromatic heterocycles. The third-order valence-corrected chi connectivity index (χ3v) is 27.0. The summed E-state index contributed by atoms with van der Waals surface area (Å²) in [5.41, 5.74) is 0. The fourth-order valence-electron chi connectivity index (χ4n) is 11.5. The summed E-state index contributed by atoms with van der Waals surface area (Å²) < 4.78 is 13.4. The van der Waals surface area contributed by atoms with Gasteiger partial charge in [-0.15, -0.1) is 0 Å². The van der Waals surface area contributed by atoms with Crippen molar-refractivity contribution in [1.29, 1.82) is 0 Å². The van der Waals surface area contributed by atoms with Gasteiger partial charge in [-0.3, -0.25) is 0 Å². The van der Waals surface area contributed by atoms with E-state index < -0.39 is 5.91 Å². The van der Waals surface area contributed by atoms with Gasteiger partial charge in [-0.2, -0.15) is 0 Å². The van der Waals surface area contributed by atoms with Crippen molar-refractivity contribution in [2.75, 3.05) is 52.4 Å². The molecular formula is C64H136BrN4P. The van der Waals surface area contributed by atoms with Crippen LogP contribution in [0.2, 0.25) is 0 Å². The van der Waals surface area contributed by atoms with Crippen molar-refractivity contribution in [2.24, 2.45) is 0 Å². The van der Waals surface area contributed by atoms with E-state index in [1.54, 1.807) is 0 Å². The molecule has 0 aliphatic rings. The van der Waals surface area contributed by atoms with Gasteiger partial charge in [-0.05, 0) is 0 Å². The van der Waals surface area contributed by atoms with Gasteiger partial charge in [0.05, 0.1) is 0 Å². The second-order valence-corrected chi connectivity index (χ2v) is 30.5. The van der Waals surface area contributed by atoms with Crippen LogP contribution < -0.4 is 0 Å². The number of unbranched alkanes of at least 4 members (excludes halogenated alkanes) is 40. The van der Waals surface area contributed by atoms with E-state index in [0.717, 1.165) is 0 Å². The molecule has 6 heteroatoms. The third kappa shape index (κ3) is 33.7. The molecule has 0 heterocycles. The van der Waals surface area contributed by atoms with Crippen LogP contribution in [0.3, 0.4) is 0 Å². The van der Waals surface area contributed by atoms with Crippen LogP contribution in [0.5, 0.6) is 0 Å². The zero-order chi connectivity index (χ0) is 51.4. The summed E-state index contributed by atoms with van der Waals surface area (Å²) in [5.74, 6) is -3.33. The molecule has 0 amide bonds. The van der Waals surface area contributed by atoms with E-state index in [1.165, 1.54) is 361 Å². The molecule has 0 unspecified atom stereocenters. The molecule has 4 nitrogen and oxygen atoms in total. The summed E-state index contributed by atoms with van der Waals surface area (Å²) in [7, 11) is 0. The van der Waals surface area contributed by atoms with Gasteiger partial charge in [0, 0.05) is 0 Å². The minimum absolute atomic E-state index is 1.26. The molecule has 0 radical (unpaired) electrons. The van der Waals surface area contributed by atoms with Crippen LogP contribution in [0.1, 0.15) is 364 Å². The number of nitrogens with zero attached hydrogens (tertiary/aromatic N) is 4. The van der Waals surface area contributed by atoms with Crippen molar-refractivity contribution >= 4 is 21.4 Å². The average molecular weight is 1070 g/mol. The third-order valence-electron chi connectivity index (χ3n) is 16.1. The van der Waals surface area contributed by atoms with E-state index >= 15 is 0 Å². The van der Waals surface area contributed by atoms with Crippen molar-refractivity contribution in [2.45, 2.75) is 364 Å². The SMILES string of the molecule is CCCCCCCCN(CCCCCCCC)P(Br)(N(CCCCCCCC)CCCCCCCC)(N(CCCCCCCC)CCCCCCCC)N(CCCCCCCC)CCCCCCCC. The van der Waals surface area contributed by atoms with Gasteiger partial charge >= 0.3 is 456 Å². The van der Waals surface area contributed by atoms with Crippen LogP contribution >= 0.6 is 21.4 Å². The molecule has 70 heavy (non-hydrogen) atoms. The molecule has 0 aromatic carbocycles. The van der Waals surface area contributed by atoms with Crippen LogP contribution in [0, 0.1) is 0 Å². The van der Waals surface area contributed by atoms with Gasteiger partial charge in [0.15, 0.2) is 0 Å². The van der Waals surface area contributed by atoms with Crippen LogP contribution in [0.4, 0.5) is 0 Å². The summed E-state index contributed by atoms with van der Waals surface area (Å²) in [5, 5.41) is 0. The van der Waals surface area contributed by atoms with Crippen molar-refractivity contribution in [1.82, 2.24) is 18.7 Å². The van der Waals surface area contributed by atoms with E-state index in [4.69, 9.17) is 15.5 Å². The topological polar surface area (TPSA) is 13.0 Å². The molecule has 0 aromatic rings. The molecule has 0 N–H and O–H groups in total. The van der Waals surface area contributed by atoms with Gasteiger partial charge in [0.25, 0.3) is 0 Å². The zero-order valence-corrected chi connectivity index (χ0v) is 52.7. The van der Waals surface area contributed by atoms with E-state index in [0.29, 0.717) is 0 Å². The maximum absolute atomic E-state index is 5.55.